The van der Waals surface area contributed by atoms with Gasteiger partial charge in [0.1, 0.15) is 0 Å². The van der Waals surface area contributed by atoms with Crippen molar-refractivity contribution in [2.45, 2.75) is 12.8 Å². The van der Waals surface area contributed by atoms with Gasteiger partial charge in [0.25, 0.3) is 0 Å². The van der Waals surface area contributed by atoms with Crippen LogP contribution in [0.2, 0.25) is 5.02 Å². The number of halogens is 1. The van der Waals surface area contributed by atoms with E-state index in [4.69, 9.17) is 16.7 Å². The molecule has 1 amide bonds. The molecule has 1 heterocycles. The summed E-state index contributed by atoms with van der Waals surface area (Å²) >= 11 is 5.75. The maximum Gasteiger partial charge on any atom is 0.337 e. The minimum Gasteiger partial charge on any atom is -0.478 e. The van der Waals surface area contributed by atoms with Gasteiger partial charge in [0.2, 0.25) is 5.91 Å². The van der Waals surface area contributed by atoms with E-state index in [2.05, 4.69) is 10.6 Å². The predicted octanol–water partition coefficient (Wildman–Crippen LogP) is 1.98. The van der Waals surface area contributed by atoms with Crippen molar-refractivity contribution in [1.29, 1.82) is 0 Å². The second-order valence-electron chi connectivity index (χ2n) is 4.61. The van der Waals surface area contributed by atoms with Crippen molar-refractivity contribution < 1.29 is 14.7 Å². The lowest BCUT2D eigenvalue weighted by Gasteiger charge is -2.11. The summed E-state index contributed by atoms with van der Waals surface area (Å²) in [5.41, 5.74) is 0.290. The molecule has 1 unspecified atom stereocenters. The van der Waals surface area contributed by atoms with Gasteiger partial charge in [-0.1, -0.05) is 11.6 Å². The van der Waals surface area contributed by atoms with Gasteiger partial charge in [0.15, 0.2) is 0 Å². The number of amides is 1. The fraction of sp³-hybridized carbons (Fsp3) is 0.385. The third-order valence-electron chi connectivity index (χ3n) is 3.12. The second-order valence-corrected chi connectivity index (χ2v) is 5.04. The Hall–Kier alpha value is -1.59. The van der Waals surface area contributed by atoms with Gasteiger partial charge in [0, 0.05) is 11.4 Å². The minimum absolute atomic E-state index is 0.00500. The van der Waals surface area contributed by atoms with Gasteiger partial charge in [-0.25, -0.2) is 4.79 Å². The van der Waals surface area contributed by atoms with Crippen molar-refractivity contribution in [2.75, 3.05) is 18.4 Å². The summed E-state index contributed by atoms with van der Waals surface area (Å²) in [7, 11) is 0. The van der Waals surface area contributed by atoms with E-state index in [1.165, 1.54) is 12.1 Å². The zero-order chi connectivity index (χ0) is 13.8. The SMILES string of the molecule is O=C(CC1CCNC1)Nc1ccc(Cl)cc1C(=O)O. The standard InChI is InChI=1S/C13H15ClN2O3/c14-9-1-2-11(10(6-9)13(18)19)16-12(17)5-8-3-4-15-7-8/h1-2,6,8,15H,3-5,7H2,(H,16,17)(H,18,19). The van der Waals surface area contributed by atoms with E-state index < -0.39 is 5.97 Å². The number of carbonyl (C=O) groups excluding carboxylic acids is 1. The molecule has 0 bridgehead atoms. The lowest BCUT2D eigenvalue weighted by Crippen LogP contribution is -2.19. The zero-order valence-corrected chi connectivity index (χ0v) is 11.0. The number of carbonyl (C=O) groups is 2. The van der Waals surface area contributed by atoms with Gasteiger partial charge in [-0.3, -0.25) is 4.79 Å². The highest BCUT2D eigenvalue weighted by Crippen LogP contribution is 2.22. The molecule has 0 radical (unpaired) electrons. The van der Waals surface area contributed by atoms with E-state index in [9.17, 15) is 9.59 Å². The number of aromatic carboxylic acids is 1. The molecule has 0 saturated carbocycles. The Morgan fingerprint density at radius 1 is 1.47 bits per heavy atom. The number of nitrogens with one attached hydrogen (secondary N) is 2. The first-order chi connectivity index (χ1) is 9.06. The molecule has 3 N–H and O–H groups in total. The summed E-state index contributed by atoms with van der Waals surface area (Å²) in [4.78, 5) is 22.9. The van der Waals surface area contributed by atoms with Gasteiger partial charge in [0.05, 0.1) is 11.3 Å². The summed E-state index contributed by atoms with van der Waals surface area (Å²) in [6, 6.07) is 4.40. The van der Waals surface area contributed by atoms with E-state index in [1.54, 1.807) is 6.07 Å². The number of carboxylic acids is 1. The van der Waals surface area contributed by atoms with Crippen LogP contribution in [-0.2, 0) is 4.79 Å². The lowest BCUT2D eigenvalue weighted by atomic mass is 10.0. The summed E-state index contributed by atoms with van der Waals surface area (Å²) in [5, 5.41) is 15.2. The third kappa shape index (κ3) is 3.68. The van der Waals surface area contributed by atoms with Gasteiger partial charge in [-0.05, 0) is 43.6 Å². The van der Waals surface area contributed by atoms with E-state index in [0.29, 0.717) is 17.4 Å². The van der Waals surface area contributed by atoms with Crippen molar-refractivity contribution in [1.82, 2.24) is 5.32 Å². The van der Waals surface area contributed by atoms with Crippen LogP contribution in [0.5, 0.6) is 0 Å². The van der Waals surface area contributed by atoms with E-state index in [-0.39, 0.29) is 17.2 Å². The topological polar surface area (TPSA) is 78.4 Å². The van der Waals surface area contributed by atoms with Crippen LogP contribution in [0.1, 0.15) is 23.2 Å². The fourth-order valence-electron chi connectivity index (χ4n) is 2.15. The van der Waals surface area contributed by atoms with Crippen molar-refractivity contribution in [3.8, 4) is 0 Å². The summed E-state index contributed by atoms with van der Waals surface area (Å²) in [6.07, 6.45) is 1.37. The molecule has 1 aromatic rings. The van der Waals surface area contributed by atoms with Crippen molar-refractivity contribution >= 4 is 29.2 Å². The Kier molecular flexibility index (Phi) is 4.39. The zero-order valence-electron chi connectivity index (χ0n) is 10.3. The number of anilines is 1. The molecule has 2 rings (SSSR count). The van der Waals surface area contributed by atoms with Crippen LogP contribution in [-0.4, -0.2) is 30.1 Å². The molecule has 1 fully saturated rings. The number of rotatable bonds is 4. The monoisotopic (exact) mass is 282 g/mol. The molecule has 6 heteroatoms. The van der Waals surface area contributed by atoms with Crippen LogP contribution in [0, 0.1) is 5.92 Å². The molecule has 1 atom stereocenters. The average molecular weight is 283 g/mol. The van der Waals surface area contributed by atoms with Crippen LogP contribution in [0.3, 0.4) is 0 Å². The first-order valence-corrected chi connectivity index (χ1v) is 6.47. The van der Waals surface area contributed by atoms with Crippen LogP contribution >= 0.6 is 11.6 Å². The average Bonchev–Trinajstić information content (AvgIpc) is 2.83. The molecule has 0 aromatic heterocycles. The first kappa shape index (κ1) is 13.8. The largest absolute Gasteiger partial charge is 0.478 e. The van der Waals surface area contributed by atoms with E-state index in [1.807, 2.05) is 0 Å². The molecular weight excluding hydrogens is 268 g/mol. The number of benzene rings is 1. The Morgan fingerprint density at radius 3 is 2.89 bits per heavy atom. The molecule has 19 heavy (non-hydrogen) atoms. The third-order valence-corrected chi connectivity index (χ3v) is 3.36. The van der Waals surface area contributed by atoms with E-state index in [0.717, 1.165) is 19.5 Å². The minimum atomic E-state index is -1.11. The highest BCUT2D eigenvalue weighted by Gasteiger charge is 2.19. The lowest BCUT2D eigenvalue weighted by molar-refractivity contribution is -0.116. The maximum absolute atomic E-state index is 11.9. The van der Waals surface area contributed by atoms with E-state index >= 15 is 0 Å². The van der Waals surface area contributed by atoms with Crippen molar-refractivity contribution in [2.24, 2.45) is 5.92 Å². The summed E-state index contributed by atoms with van der Waals surface area (Å²) in [6.45, 7) is 1.76. The summed E-state index contributed by atoms with van der Waals surface area (Å²) < 4.78 is 0. The predicted molar refractivity (Wildman–Crippen MR) is 72.6 cm³/mol. The van der Waals surface area contributed by atoms with Gasteiger partial charge >= 0.3 is 5.97 Å². The van der Waals surface area contributed by atoms with Gasteiger partial charge in [-0.15, -0.1) is 0 Å². The van der Waals surface area contributed by atoms with Crippen LogP contribution in [0.4, 0.5) is 5.69 Å². The molecule has 1 saturated heterocycles. The number of hydrogen-bond acceptors (Lipinski definition) is 3. The van der Waals surface area contributed by atoms with Crippen molar-refractivity contribution in [3.05, 3.63) is 28.8 Å². The summed E-state index contributed by atoms with van der Waals surface area (Å²) in [5.74, 6) is -0.959. The molecule has 1 aliphatic rings. The van der Waals surface area contributed by atoms with Crippen LogP contribution < -0.4 is 10.6 Å². The molecule has 1 aliphatic heterocycles. The Balaban J connectivity index is 2.05. The maximum atomic E-state index is 11.9. The molecular formula is C13H15ClN2O3. The molecule has 102 valence electrons. The Bertz CT molecular complexity index is 499. The molecule has 5 nitrogen and oxygen atoms in total. The first-order valence-electron chi connectivity index (χ1n) is 6.09. The van der Waals surface area contributed by atoms with Gasteiger partial charge in [-0.2, -0.15) is 0 Å². The molecule has 0 aliphatic carbocycles. The molecule has 0 spiro atoms. The quantitative estimate of drug-likeness (QED) is 0.789. The number of hydrogen-bond donors (Lipinski definition) is 3. The number of carboxylic acid groups (broad SMARTS) is 1. The Labute approximate surface area is 116 Å². The normalized spacial score (nSPS) is 18.3. The van der Waals surface area contributed by atoms with Gasteiger partial charge < -0.3 is 15.7 Å². The highest BCUT2D eigenvalue weighted by molar-refractivity contribution is 6.31. The van der Waals surface area contributed by atoms with Crippen LogP contribution in [0.25, 0.3) is 0 Å². The highest BCUT2D eigenvalue weighted by atomic mass is 35.5. The molecule has 1 aromatic carbocycles. The Morgan fingerprint density at radius 2 is 2.26 bits per heavy atom. The fourth-order valence-corrected chi connectivity index (χ4v) is 2.33. The smallest absolute Gasteiger partial charge is 0.337 e. The van der Waals surface area contributed by atoms with Crippen molar-refractivity contribution in [3.63, 3.8) is 0 Å². The second kappa shape index (κ2) is 6.04. The van der Waals surface area contributed by atoms with Crippen LogP contribution in [0.15, 0.2) is 18.2 Å².